The Kier molecular flexibility index (Phi) is 4.52. The molecule has 1 N–H and O–H groups in total. The third kappa shape index (κ3) is 3.48. The minimum absolute atomic E-state index is 0.230. The Morgan fingerprint density at radius 1 is 1.13 bits per heavy atom. The van der Waals surface area contributed by atoms with E-state index in [2.05, 4.69) is 5.32 Å². The van der Waals surface area contributed by atoms with Crippen LogP contribution in [0, 0.1) is 0 Å². The van der Waals surface area contributed by atoms with Gasteiger partial charge in [0.15, 0.2) is 5.37 Å². The molecule has 1 unspecified atom stereocenters. The molecule has 118 valence electrons. The van der Waals surface area contributed by atoms with Gasteiger partial charge in [0.25, 0.3) is 11.1 Å². The van der Waals surface area contributed by atoms with E-state index in [4.69, 9.17) is 4.74 Å². The van der Waals surface area contributed by atoms with Gasteiger partial charge in [-0.15, -0.1) is 0 Å². The molecule has 0 spiro atoms. The van der Waals surface area contributed by atoms with E-state index in [-0.39, 0.29) is 11.1 Å². The van der Waals surface area contributed by atoms with Crippen LogP contribution in [0.5, 0.6) is 5.75 Å². The summed E-state index contributed by atoms with van der Waals surface area (Å²) in [7, 11) is 1.58. The van der Waals surface area contributed by atoms with Gasteiger partial charge in [-0.1, -0.05) is 36.4 Å². The lowest BCUT2D eigenvalue weighted by molar-refractivity contribution is -0.126. The highest BCUT2D eigenvalue weighted by atomic mass is 32.2. The van der Waals surface area contributed by atoms with Crippen LogP contribution in [0.25, 0.3) is 0 Å². The SMILES string of the molecule is COc1cccc(NC2SC(=O)N(Cc3ccccc3)C2=O)c1. The van der Waals surface area contributed by atoms with Crippen molar-refractivity contribution in [1.82, 2.24) is 4.90 Å². The van der Waals surface area contributed by atoms with E-state index in [0.29, 0.717) is 12.3 Å². The standard InChI is InChI=1S/C17H16N2O3S/c1-22-14-9-5-8-13(10-14)18-15-16(20)19(17(21)23-15)11-12-6-3-2-4-7-12/h2-10,15,18H,11H2,1H3. The number of amides is 2. The van der Waals surface area contributed by atoms with Crippen molar-refractivity contribution in [3.8, 4) is 5.75 Å². The molecule has 5 nitrogen and oxygen atoms in total. The quantitative estimate of drug-likeness (QED) is 0.912. The molecule has 1 atom stereocenters. The number of nitrogens with zero attached hydrogens (tertiary/aromatic N) is 1. The van der Waals surface area contributed by atoms with Crippen LogP contribution < -0.4 is 10.1 Å². The fraction of sp³-hybridized carbons (Fsp3) is 0.176. The van der Waals surface area contributed by atoms with E-state index < -0.39 is 5.37 Å². The summed E-state index contributed by atoms with van der Waals surface area (Å²) in [6, 6.07) is 16.7. The van der Waals surface area contributed by atoms with Crippen LogP contribution in [-0.4, -0.2) is 28.5 Å². The van der Waals surface area contributed by atoms with Gasteiger partial charge in [-0.05, 0) is 29.5 Å². The average Bonchev–Trinajstić information content (AvgIpc) is 2.83. The maximum absolute atomic E-state index is 12.5. The van der Waals surface area contributed by atoms with Gasteiger partial charge >= 0.3 is 0 Å². The average molecular weight is 328 g/mol. The first-order valence-corrected chi connectivity index (χ1v) is 8.02. The summed E-state index contributed by atoms with van der Waals surface area (Å²) in [5.74, 6) is 0.463. The van der Waals surface area contributed by atoms with E-state index >= 15 is 0 Å². The van der Waals surface area contributed by atoms with Crippen molar-refractivity contribution >= 4 is 28.6 Å². The predicted molar refractivity (Wildman–Crippen MR) is 90.4 cm³/mol. The maximum Gasteiger partial charge on any atom is 0.291 e. The van der Waals surface area contributed by atoms with Gasteiger partial charge in [0.2, 0.25) is 0 Å². The molecule has 1 aliphatic heterocycles. The zero-order chi connectivity index (χ0) is 16.2. The van der Waals surface area contributed by atoms with Gasteiger partial charge in [0.1, 0.15) is 5.75 Å². The monoisotopic (exact) mass is 328 g/mol. The molecule has 1 aliphatic rings. The van der Waals surface area contributed by atoms with Crippen molar-refractivity contribution < 1.29 is 14.3 Å². The molecule has 23 heavy (non-hydrogen) atoms. The van der Waals surface area contributed by atoms with Gasteiger partial charge in [0, 0.05) is 11.8 Å². The first kappa shape index (κ1) is 15.4. The number of carbonyl (C=O) groups is 2. The molecule has 0 aliphatic carbocycles. The minimum Gasteiger partial charge on any atom is -0.497 e. The number of rotatable bonds is 5. The van der Waals surface area contributed by atoms with Crippen molar-refractivity contribution in [3.63, 3.8) is 0 Å². The summed E-state index contributed by atoms with van der Waals surface area (Å²) in [5.41, 5.74) is 1.67. The number of hydrogen-bond donors (Lipinski definition) is 1. The Morgan fingerprint density at radius 3 is 2.65 bits per heavy atom. The lowest BCUT2D eigenvalue weighted by Crippen LogP contribution is -2.33. The Hall–Kier alpha value is -2.47. The second-order valence-electron chi connectivity index (χ2n) is 5.05. The van der Waals surface area contributed by atoms with Crippen LogP contribution in [-0.2, 0) is 11.3 Å². The maximum atomic E-state index is 12.5. The van der Waals surface area contributed by atoms with Crippen LogP contribution in [0.4, 0.5) is 10.5 Å². The normalized spacial score (nSPS) is 17.4. The molecule has 1 heterocycles. The predicted octanol–water partition coefficient (Wildman–Crippen LogP) is 3.33. The second kappa shape index (κ2) is 6.75. The van der Waals surface area contributed by atoms with Gasteiger partial charge < -0.3 is 10.1 Å². The minimum atomic E-state index is -0.613. The van der Waals surface area contributed by atoms with Crippen molar-refractivity contribution in [3.05, 3.63) is 60.2 Å². The molecule has 2 aromatic carbocycles. The van der Waals surface area contributed by atoms with E-state index in [9.17, 15) is 9.59 Å². The largest absolute Gasteiger partial charge is 0.497 e. The second-order valence-corrected chi connectivity index (χ2v) is 6.11. The molecule has 3 rings (SSSR count). The molecule has 1 saturated heterocycles. The van der Waals surface area contributed by atoms with Crippen molar-refractivity contribution in [2.45, 2.75) is 11.9 Å². The van der Waals surface area contributed by atoms with Gasteiger partial charge in [-0.25, -0.2) is 0 Å². The Labute approximate surface area is 138 Å². The molecule has 1 fully saturated rings. The molecule has 0 saturated carbocycles. The van der Waals surface area contributed by atoms with E-state index in [1.54, 1.807) is 13.2 Å². The van der Waals surface area contributed by atoms with Crippen LogP contribution in [0.1, 0.15) is 5.56 Å². The van der Waals surface area contributed by atoms with Gasteiger partial charge in [-0.3, -0.25) is 14.5 Å². The molecular formula is C17H16N2O3S. The molecule has 6 heteroatoms. The van der Waals surface area contributed by atoms with E-state index in [1.807, 2.05) is 48.5 Å². The number of methoxy groups -OCH3 is 1. The zero-order valence-corrected chi connectivity index (χ0v) is 13.4. The summed E-state index contributed by atoms with van der Waals surface area (Å²) in [4.78, 5) is 25.9. The number of nitrogens with one attached hydrogen (secondary N) is 1. The summed E-state index contributed by atoms with van der Waals surface area (Å²) in [6.07, 6.45) is 0. The fourth-order valence-electron chi connectivity index (χ4n) is 2.31. The Bertz CT molecular complexity index is 721. The number of benzene rings is 2. The summed E-state index contributed by atoms with van der Waals surface area (Å²) < 4.78 is 5.16. The summed E-state index contributed by atoms with van der Waals surface area (Å²) >= 11 is 0.995. The third-order valence-corrected chi connectivity index (χ3v) is 4.46. The number of imide groups is 1. The van der Waals surface area contributed by atoms with Crippen LogP contribution in [0.15, 0.2) is 54.6 Å². The molecule has 2 amide bonds. The number of hydrogen-bond acceptors (Lipinski definition) is 5. The van der Waals surface area contributed by atoms with Gasteiger partial charge in [-0.2, -0.15) is 0 Å². The fourth-order valence-corrected chi connectivity index (χ4v) is 3.22. The van der Waals surface area contributed by atoms with Crippen LogP contribution in [0.3, 0.4) is 0 Å². The number of thioether (sulfide) groups is 1. The van der Waals surface area contributed by atoms with E-state index in [0.717, 1.165) is 23.0 Å². The smallest absolute Gasteiger partial charge is 0.291 e. The number of ether oxygens (including phenoxy) is 1. The highest BCUT2D eigenvalue weighted by molar-refractivity contribution is 8.15. The zero-order valence-electron chi connectivity index (χ0n) is 12.6. The molecule has 0 aromatic heterocycles. The first-order valence-electron chi connectivity index (χ1n) is 7.14. The molecular weight excluding hydrogens is 312 g/mol. The summed E-state index contributed by atoms with van der Waals surface area (Å²) in [5, 5.41) is 2.23. The third-order valence-electron chi connectivity index (χ3n) is 3.48. The first-order chi connectivity index (χ1) is 11.2. The highest BCUT2D eigenvalue weighted by Crippen LogP contribution is 2.30. The molecule has 0 radical (unpaired) electrons. The van der Waals surface area contributed by atoms with Crippen molar-refractivity contribution in [2.24, 2.45) is 0 Å². The molecule has 2 aromatic rings. The van der Waals surface area contributed by atoms with E-state index in [1.165, 1.54) is 4.90 Å². The lowest BCUT2D eigenvalue weighted by atomic mass is 10.2. The summed E-state index contributed by atoms with van der Waals surface area (Å²) in [6.45, 7) is 0.293. The Morgan fingerprint density at radius 2 is 1.91 bits per heavy atom. The van der Waals surface area contributed by atoms with Crippen LogP contribution in [0.2, 0.25) is 0 Å². The number of carbonyl (C=O) groups excluding carboxylic acids is 2. The van der Waals surface area contributed by atoms with Crippen molar-refractivity contribution in [2.75, 3.05) is 12.4 Å². The van der Waals surface area contributed by atoms with Gasteiger partial charge in [0.05, 0.1) is 13.7 Å². The molecule has 0 bridgehead atoms. The number of anilines is 1. The van der Waals surface area contributed by atoms with Crippen LogP contribution >= 0.6 is 11.8 Å². The highest BCUT2D eigenvalue weighted by Gasteiger charge is 2.39. The topological polar surface area (TPSA) is 58.6 Å². The Balaban J connectivity index is 1.70. The lowest BCUT2D eigenvalue weighted by Gasteiger charge is -2.15. The van der Waals surface area contributed by atoms with Crippen molar-refractivity contribution in [1.29, 1.82) is 0 Å².